The van der Waals surface area contributed by atoms with E-state index in [2.05, 4.69) is 39.4 Å². The van der Waals surface area contributed by atoms with E-state index in [1.165, 1.54) is 43.6 Å². The SMILES string of the molecule is CN1CCN(CCCI)CC1. The van der Waals surface area contributed by atoms with E-state index in [9.17, 15) is 0 Å². The van der Waals surface area contributed by atoms with Crippen molar-refractivity contribution in [3.8, 4) is 0 Å². The van der Waals surface area contributed by atoms with E-state index in [4.69, 9.17) is 0 Å². The maximum Gasteiger partial charge on any atom is 0.0110 e. The summed E-state index contributed by atoms with van der Waals surface area (Å²) >= 11 is 2.45. The molecule has 0 aromatic rings. The van der Waals surface area contributed by atoms with E-state index in [-0.39, 0.29) is 0 Å². The van der Waals surface area contributed by atoms with Crippen LogP contribution in [0.1, 0.15) is 6.42 Å². The predicted octanol–water partition coefficient (Wildman–Crippen LogP) is 1.06. The van der Waals surface area contributed by atoms with Crippen LogP contribution >= 0.6 is 22.6 Å². The lowest BCUT2D eigenvalue weighted by Crippen LogP contribution is -2.44. The van der Waals surface area contributed by atoms with Crippen molar-refractivity contribution >= 4 is 22.6 Å². The zero-order valence-electron chi connectivity index (χ0n) is 7.22. The maximum absolute atomic E-state index is 2.57. The summed E-state index contributed by atoms with van der Waals surface area (Å²) in [7, 11) is 2.20. The van der Waals surface area contributed by atoms with Gasteiger partial charge in [-0.15, -0.1) is 0 Å². The van der Waals surface area contributed by atoms with E-state index >= 15 is 0 Å². The zero-order chi connectivity index (χ0) is 8.10. The Morgan fingerprint density at radius 3 is 2.36 bits per heavy atom. The summed E-state index contributed by atoms with van der Waals surface area (Å²) in [5, 5.41) is 0. The molecule has 3 heteroatoms. The van der Waals surface area contributed by atoms with Crippen LogP contribution in [-0.2, 0) is 0 Å². The Labute approximate surface area is 83.1 Å². The van der Waals surface area contributed by atoms with Crippen molar-refractivity contribution in [3.63, 3.8) is 0 Å². The quantitative estimate of drug-likeness (QED) is 0.558. The molecule has 0 spiro atoms. The van der Waals surface area contributed by atoms with Gasteiger partial charge in [-0.1, -0.05) is 22.6 Å². The molecule has 0 aromatic heterocycles. The molecule has 0 saturated carbocycles. The Morgan fingerprint density at radius 1 is 1.18 bits per heavy atom. The van der Waals surface area contributed by atoms with E-state index in [0.29, 0.717) is 0 Å². The van der Waals surface area contributed by atoms with Gasteiger partial charge in [0.25, 0.3) is 0 Å². The minimum atomic E-state index is 1.25. The van der Waals surface area contributed by atoms with Crippen molar-refractivity contribution in [2.24, 2.45) is 0 Å². The summed E-state index contributed by atoms with van der Waals surface area (Å²) in [5.41, 5.74) is 0. The van der Waals surface area contributed by atoms with Crippen molar-refractivity contribution in [1.82, 2.24) is 9.80 Å². The third-order valence-corrected chi connectivity index (χ3v) is 2.97. The molecular weight excluding hydrogens is 251 g/mol. The van der Waals surface area contributed by atoms with Gasteiger partial charge in [0.2, 0.25) is 0 Å². The molecule has 0 aliphatic carbocycles. The molecule has 2 nitrogen and oxygen atoms in total. The van der Waals surface area contributed by atoms with Gasteiger partial charge in [0.05, 0.1) is 0 Å². The average molecular weight is 268 g/mol. The van der Waals surface area contributed by atoms with Gasteiger partial charge in [-0.2, -0.15) is 0 Å². The summed E-state index contributed by atoms with van der Waals surface area (Å²) < 4.78 is 1.30. The van der Waals surface area contributed by atoms with Gasteiger partial charge in [0, 0.05) is 30.6 Å². The second-order valence-electron chi connectivity index (χ2n) is 3.19. The van der Waals surface area contributed by atoms with E-state index in [0.717, 1.165) is 0 Å². The number of nitrogens with zero attached hydrogens (tertiary/aromatic N) is 2. The number of rotatable bonds is 3. The third-order valence-electron chi connectivity index (χ3n) is 2.20. The van der Waals surface area contributed by atoms with E-state index in [1.807, 2.05) is 0 Å². The summed E-state index contributed by atoms with van der Waals surface area (Å²) in [6, 6.07) is 0. The number of hydrogen-bond donors (Lipinski definition) is 0. The molecule has 0 bridgehead atoms. The minimum absolute atomic E-state index is 1.25. The molecule has 0 unspecified atom stereocenters. The highest BCUT2D eigenvalue weighted by atomic mass is 127. The topological polar surface area (TPSA) is 6.48 Å². The largest absolute Gasteiger partial charge is 0.304 e. The summed E-state index contributed by atoms with van der Waals surface area (Å²) in [5.74, 6) is 0. The van der Waals surface area contributed by atoms with Crippen molar-refractivity contribution in [2.75, 3.05) is 44.2 Å². The van der Waals surface area contributed by atoms with Crippen LogP contribution in [0.15, 0.2) is 0 Å². The molecule has 1 heterocycles. The Bertz CT molecular complexity index is 97.5. The van der Waals surface area contributed by atoms with Crippen molar-refractivity contribution in [3.05, 3.63) is 0 Å². The fraction of sp³-hybridized carbons (Fsp3) is 1.00. The van der Waals surface area contributed by atoms with E-state index in [1.54, 1.807) is 0 Å². The lowest BCUT2D eigenvalue weighted by molar-refractivity contribution is 0.155. The van der Waals surface area contributed by atoms with Crippen LogP contribution in [0.25, 0.3) is 0 Å². The van der Waals surface area contributed by atoms with Gasteiger partial charge >= 0.3 is 0 Å². The van der Waals surface area contributed by atoms with Crippen LogP contribution in [0.5, 0.6) is 0 Å². The zero-order valence-corrected chi connectivity index (χ0v) is 9.38. The first-order chi connectivity index (χ1) is 5.33. The molecule has 66 valence electrons. The molecule has 0 atom stereocenters. The first-order valence-electron chi connectivity index (χ1n) is 4.30. The molecule has 0 N–H and O–H groups in total. The third kappa shape index (κ3) is 3.71. The molecule has 0 radical (unpaired) electrons. The molecule has 1 aliphatic rings. The second kappa shape index (κ2) is 5.32. The van der Waals surface area contributed by atoms with Crippen LogP contribution < -0.4 is 0 Å². The number of alkyl halides is 1. The van der Waals surface area contributed by atoms with Crippen LogP contribution in [-0.4, -0.2) is 54.0 Å². The molecule has 1 fully saturated rings. The highest BCUT2D eigenvalue weighted by Crippen LogP contribution is 2.00. The average Bonchev–Trinajstić information content (AvgIpc) is 2.04. The lowest BCUT2D eigenvalue weighted by Gasteiger charge is -2.32. The molecule has 1 saturated heterocycles. The monoisotopic (exact) mass is 268 g/mol. The number of hydrogen-bond acceptors (Lipinski definition) is 2. The fourth-order valence-corrected chi connectivity index (χ4v) is 1.70. The minimum Gasteiger partial charge on any atom is -0.304 e. The standard InChI is InChI=1S/C8H17IN2/c1-10-5-7-11(8-6-10)4-2-3-9/h2-8H2,1H3. The summed E-state index contributed by atoms with van der Waals surface area (Å²) in [6.45, 7) is 6.35. The fourth-order valence-electron chi connectivity index (χ4n) is 1.35. The van der Waals surface area contributed by atoms with Crippen molar-refractivity contribution in [2.45, 2.75) is 6.42 Å². The second-order valence-corrected chi connectivity index (χ2v) is 4.27. The summed E-state index contributed by atoms with van der Waals surface area (Å²) in [4.78, 5) is 4.97. The normalized spacial score (nSPS) is 22.4. The van der Waals surface area contributed by atoms with Gasteiger partial charge in [-0.25, -0.2) is 0 Å². The van der Waals surface area contributed by atoms with Crippen LogP contribution in [0.3, 0.4) is 0 Å². The lowest BCUT2D eigenvalue weighted by atomic mass is 10.3. The Morgan fingerprint density at radius 2 is 1.82 bits per heavy atom. The van der Waals surface area contributed by atoms with Crippen LogP contribution in [0, 0.1) is 0 Å². The van der Waals surface area contributed by atoms with Gasteiger partial charge in [0.1, 0.15) is 0 Å². The number of halogens is 1. The number of piperazine rings is 1. The molecular formula is C8H17IN2. The van der Waals surface area contributed by atoms with Crippen LogP contribution in [0.2, 0.25) is 0 Å². The molecule has 11 heavy (non-hydrogen) atoms. The molecule has 1 rings (SSSR count). The highest BCUT2D eigenvalue weighted by molar-refractivity contribution is 14.1. The Hall–Kier alpha value is 0.650. The van der Waals surface area contributed by atoms with Crippen molar-refractivity contribution in [1.29, 1.82) is 0 Å². The molecule has 1 aliphatic heterocycles. The van der Waals surface area contributed by atoms with Crippen molar-refractivity contribution < 1.29 is 0 Å². The van der Waals surface area contributed by atoms with Gasteiger partial charge in [-0.05, 0) is 20.0 Å². The van der Waals surface area contributed by atoms with Crippen LogP contribution in [0.4, 0.5) is 0 Å². The van der Waals surface area contributed by atoms with E-state index < -0.39 is 0 Å². The van der Waals surface area contributed by atoms with Gasteiger partial charge < -0.3 is 9.80 Å². The molecule has 0 amide bonds. The smallest absolute Gasteiger partial charge is 0.0110 e. The Balaban J connectivity index is 2.07. The summed E-state index contributed by atoms with van der Waals surface area (Å²) in [6.07, 6.45) is 1.35. The first-order valence-corrected chi connectivity index (χ1v) is 5.82. The number of likely N-dealkylation sites (N-methyl/N-ethyl adjacent to an activating group) is 1. The van der Waals surface area contributed by atoms with Gasteiger partial charge in [0.15, 0.2) is 0 Å². The first kappa shape index (κ1) is 9.74. The van der Waals surface area contributed by atoms with Gasteiger partial charge in [-0.3, -0.25) is 0 Å². The highest BCUT2D eigenvalue weighted by Gasteiger charge is 2.11. The Kier molecular flexibility index (Phi) is 4.71. The maximum atomic E-state index is 2.57. The molecule has 0 aromatic carbocycles. The predicted molar refractivity (Wildman–Crippen MR) is 57.4 cm³/mol.